The molecule has 0 bridgehead atoms. The predicted molar refractivity (Wildman–Crippen MR) is 79.5 cm³/mol. The van der Waals surface area contributed by atoms with Gasteiger partial charge in [0.15, 0.2) is 10.8 Å². The first-order valence-electron chi connectivity index (χ1n) is 6.65. The maximum absolute atomic E-state index is 12.6. The minimum atomic E-state index is -3.83. The Kier molecular flexibility index (Phi) is 3.88. The molecule has 1 fully saturated rings. The van der Waals surface area contributed by atoms with Gasteiger partial charge in [-0.2, -0.15) is 4.98 Å². The van der Waals surface area contributed by atoms with E-state index in [-0.39, 0.29) is 10.8 Å². The lowest BCUT2D eigenvalue weighted by Gasteiger charge is -2.27. The highest BCUT2D eigenvalue weighted by Gasteiger charge is 2.32. The molecule has 5 N–H and O–H groups in total. The average molecular weight is 331 g/mol. The number of hydrogen-bond donors (Lipinski definition) is 4. The fourth-order valence-electron chi connectivity index (χ4n) is 2.62. The number of thiazole rings is 1. The van der Waals surface area contributed by atoms with E-state index in [4.69, 9.17) is 5.84 Å². The summed E-state index contributed by atoms with van der Waals surface area (Å²) >= 11 is 1.32. The molecule has 2 heterocycles. The Morgan fingerprint density at radius 1 is 1.43 bits per heavy atom. The summed E-state index contributed by atoms with van der Waals surface area (Å²) < 4.78 is 29.3. The summed E-state index contributed by atoms with van der Waals surface area (Å²) in [5, 5.41) is 11.7. The summed E-state index contributed by atoms with van der Waals surface area (Å²) in [6.07, 6.45) is 4.00. The van der Waals surface area contributed by atoms with Gasteiger partial charge in [0, 0.05) is 17.6 Å². The van der Waals surface area contributed by atoms with Gasteiger partial charge in [0.1, 0.15) is 0 Å². The number of nitrogen functional groups attached to an aromatic ring is 1. The number of sulfonamides is 1. The highest BCUT2D eigenvalue weighted by molar-refractivity contribution is 7.89. The van der Waals surface area contributed by atoms with Crippen LogP contribution in [0.25, 0.3) is 4.96 Å². The second-order valence-electron chi connectivity index (χ2n) is 5.05. The Morgan fingerprint density at radius 2 is 2.19 bits per heavy atom. The number of fused-ring (bicyclic) bond motifs is 1. The molecular weight excluding hydrogens is 314 g/mol. The number of nitrogens with zero attached hydrogens (tertiary/aromatic N) is 2. The molecule has 8 nitrogen and oxygen atoms in total. The molecule has 0 spiro atoms. The molecule has 0 saturated heterocycles. The van der Waals surface area contributed by atoms with Gasteiger partial charge in [-0.25, -0.2) is 19.0 Å². The summed E-state index contributed by atoms with van der Waals surface area (Å²) in [7, 11) is -3.83. The summed E-state index contributed by atoms with van der Waals surface area (Å²) in [6.45, 7) is 0. The van der Waals surface area contributed by atoms with Crippen molar-refractivity contribution in [1.82, 2.24) is 14.1 Å². The maximum Gasteiger partial charge on any atom is 0.260 e. The molecular formula is C11H17N5O3S2. The van der Waals surface area contributed by atoms with Gasteiger partial charge in [-0.15, -0.1) is 11.3 Å². The van der Waals surface area contributed by atoms with Crippen molar-refractivity contribution in [2.24, 2.45) is 5.84 Å². The van der Waals surface area contributed by atoms with E-state index in [0.717, 1.165) is 12.8 Å². The van der Waals surface area contributed by atoms with Gasteiger partial charge >= 0.3 is 0 Å². The number of imidazole rings is 1. The Labute approximate surface area is 126 Å². The average Bonchev–Trinajstić information content (AvgIpc) is 3.00. The van der Waals surface area contributed by atoms with E-state index in [1.807, 2.05) is 0 Å². The number of nitrogens with two attached hydrogens (primary N) is 1. The fourth-order valence-corrected chi connectivity index (χ4v) is 4.94. The predicted octanol–water partition coefficient (Wildman–Crippen LogP) is 0.263. The molecule has 0 radical (unpaired) electrons. The number of aliphatic hydroxyl groups is 1. The zero-order valence-electron chi connectivity index (χ0n) is 11.2. The van der Waals surface area contributed by atoms with Gasteiger partial charge in [-0.3, -0.25) is 4.40 Å². The van der Waals surface area contributed by atoms with E-state index in [9.17, 15) is 13.5 Å². The Bertz CT molecular complexity index is 738. The van der Waals surface area contributed by atoms with Crippen molar-refractivity contribution >= 4 is 32.1 Å². The van der Waals surface area contributed by atoms with Crippen LogP contribution in [-0.4, -0.2) is 35.1 Å². The van der Waals surface area contributed by atoms with Crippen molar-refractivity contribution in [3.63, 3.8) is 0 Å². The highest BCUT2D eigenvalue weighted by atomic mass is 32.2. The van der Waals surface area contributed by atoms with Crippen LogP contribution < -0.4 is 16.0 Å². The molecule has 2 aromatic rings. The molecule has 1 aliphatic carbocycles. The van der Waals surface area contributed by atoms with Crippen LogP contribution in [0.15, 0.2) is 16.6 Å². The second-order valence-corrected chi connectivity index (χ2v) is 7.55. The van der Waals surface area contributed by atoms with Crippen LogP contribution in [0.2, 0.25) is 0 Å². The van der Waals surface area contributed by atoms with Gasteiger partial charge in [-0.05, 0) is 12.8 Å². The van der Waals surface area contributed by atoms with Crippen LogP contribution in [0.1, 0.15) is 25.7 Å². The maximum atomic E-state index is 12.6. The molecule has 1 aliphatic rings. The molecule has 2 aromatic heterocycles. The van der Waals surface area contributed by atoms with E-state index >= 15 is 0 Å². The van der Waals surface area contributed by atoms with E-state index < -0.39 is 22.2 Å². The summed E-state index contributed by atoms with van der Waals surface area (Å²) in [5.74, 6) is 5.46. The zero-order valence-corrected chi connectivity index (χ0v) is 12.8. The molecule has 21 heavy (non-hydrogen) atoms. The fraction of sp³-hybridized carbons (Fsp3) is 0.545. The van der Waals surface area contributed by atoms with Crippen molar-refractivity contribution in [1.29, 1.82) is 0 Å². The van der Waals surface area contributed by atoms with Crippen molar-refractivity contribution in [2.45, 2.75) is 42.9 Å². The number of hydrazine groups is 1. The van der Waals surface area contributed by atoms with Gasteiger partial charge in [0.2, 0.25) is 5.03 Å². The lowest BCUT2D eigenvalue weighted by atomic mass is 9.93. The molecule has 2 atom stereocenters. The standard InChI is InChI=1S/C11H17N5O3S2/c12-14-9-10(16-5-6-20-11(16)13-9)21(18,19)15-7-3-1-2-4-8(7)17/h5-8,14-15,17H,1-4,12H2. The molecule has 3 rings (SSSR count). The van der Waals surface area contributed by atoms with E-state index in [1.165, 1.54) is 15.7 Å². The smallest absolute Gasteiger partial charge is 0.260 e. The Morgan fingerprint density at radius 3 is 2.90 bits per heavy atom. The number of aliphatic hydroxyl groups excluding tert-OH is 1. The van der Waals surface area contributed by atoms with Crippen LogP contribution in [-0.2, 0) is 10.0 Å². The zero-order chi connectivity index (χ0) is 15.0. The first-order valence-corrected chi connectivity index (χ1v) is 9.02. The van der Waals surface area contributed by atoms with E-state index in [2.05, 4.69) is 15.1 Å². The van der Waals surface area contributed by atoms with Crippen molar-refractivity contribution in [3.8, 4) is 0 Å². The minimum Gasteiger partial charge on any atom is -0.391 e. The van der Waals surface area contributed by atoms with Gasteiger partial charge in [0.25, 0.3) is 10.0 Å². The van der Waals surface area contributed by atoms with Crippen molar-refractivity contribution in [2.75, 3.05) is 5.43 Å². The van der Waals surface area contributed by atoms with Crippen LogP contribution in [0, 0.1) is 0 Å². The summed E-state index contributed by atoms with van der Waals surface area (Å²) in [6, 6.07) is -0.474. The second kappa shape index (κ2) is 5.54. The normalized spacial score (nSPS) is 23.5. The molecule has 1 saturated carbocycles. The number of nitrogens with one attached hydrogen (secondary N) is 2. The Balaban J connectivity index is 1.97. The van der Waals surface area contributed by atoms with Crippen LogP contribution in [0.5, 0.6) is 0 Å². The van der Waals surface area contributed by atoms with Crippen LogP contribution >= 0.6 is 11.3 Å². The number of aromatic nitrogens is 2. The number of rotatable bonds is 4. The van der Waals surface area contributed by atoms with Crippen LogP contribution in [0.3, 0.4) is 0 Å². The van der Waals surface area contributed by atoms with Gasteiger partial charge < -0.3 is 10.5 Å². The summed E-state index contributed by atoms with van der Waals surface area (Å²) in [5.41, 5.74) is 2.32. The molecule has 10 heteroatoms. The van der Waals surface area contributed by atoms with Crippen LogP contribution in [0.4, 0.5) is 5.82 Å². The van der Waals surface area contributed by atoms with E-state index in [1.54, 1.807) is 11.6 Å². The molecule has 0 aliphatic heterocycles. The molecule has 0 amide bonds. The SMILES string of the molecule is NNc1nc2sccn2c1S(=O)(=O)NC1CCCCC1O. The molecule has 0 aromatic carbocycles. The first-order chi connectivity index (χ1) is 10.0. The summed E-state index contributed by atoms with van der Waals surface area (Å²) in [4.78, 5) is 4.67. The van der Waals surface area contributed by atoms with Crippen molar-refractivity contribution in [3.05, 3.63) is 11.6 Å². The third kappa shape index (κ3) is 2.64. The quantitative estimate of drug-likeness (QED) is 0.471. The minimum absolute atomic E-state index is 0.0287. The first kappa shape index (κ1) is 14.7. The lowest BCUT2D eigenvalue weighted by Crippen LogP contribution is -2.45. The third-order valence-corrected chi connectivity index (χ3v) is 5.91. The van der Waals surface area contributed by atoms with Crippen molar-refractivity contribution < 1.29 is 13.5 Å². The lowest BCUT2D eigenvalue weighted by molar-refractivity contribution is 0.101. The number of hydrogen-bond acceptors (Lipinski definition) is 7. The van der Waals surface area contributed by atoms with E-state index in [0.29, 0.717) is 17.8 Å². The molecule has 2 unspecified atom stereocenters. The molecule has 116 valence electrons. The van der Waals surface area contributed by atoms with Gasteiger partial charge in [-0.1, -0.05) is 12.8 Å². The third-order valence-electron chi connectivity index (χ3n) is 3.65. The topological polar surface area (TPSA) is 122 Å². The van der Waals surface area contributed by atoms with Gasteiger partial charge in [0.05, 0.1) is 6.10 Å². The largest absolute Gasteiger partial charge is 0.391 e. The number of anilines is 1. The Hall–Kier alpha value is -1.20. The monoisotopic (exact) mass is 331 g/mol. The highest BCUT2D eigenvalue weighted by Crippen LogP contribution is 2.26.